The molecule has 0 saturated carbocycles. The van der Waals surface area contributed by atoms with Gasteiger partial charge in [-0.2, -0.15) is 0 Å². The predicted octanol–water partition coefficient (Wildman–Crippen LogP) is 5.23. The van der Waals surface area contributed by atoms with Crippen LogP contribution in [0, 0.1) is 13.8 Å². The number of nitrogens with one attached hydrogen (secondary N) is 1. The van der Waals surface area contributed by atoms with Crippen molar-refractivity contribution in [1.29, 1.82) is 0 Å². The quantitative estimate of drug-likeness (QED) is 0.698. The Balaban J connectivity index is 2.17. The molecule has 0 radical (unpaired) electrons. The Morgan fingerprint density at radius 1 is 1.20 bits per heavy atom. The first-order valence-corrected chi connectivity index (χ1v) is 8.19. The lowest BCUT2D eigenvalue weighted by molar-refractivity contribution is 0.509. The molecule has 0 heterocycles. The van der Waals surface area contributed by atoms with Gasteiger partial charge in [0.15, 0.2) is 0 Å². The van der Waals surface area contributed by atoms with Gasteiger partial charge in [0.25, 0.3) is 0 Å². The van der Waals surface area contributed by atoms with E-state index in [9.17, 15) is 0 Å². The van der Waals surface area contributed by atoms with E-state index in [0.717, 1.165) is 6.54 Å². The average Bonchev–Trinajstić information content (AvgIpc) is 2.48. The van der Waals surface area contributed by atoms with Crippen LogP contribution in [-0.2, 0) is 0 Å². The highest BCUT2D eigenvalue weighted by Crippen LogP contribution is 2.30. The van der Waals surface area contributed by atoms with Crippen LogP contribution < -0.4 is 5.32 Å². The standard InChI is InChI=1S/C19H29N/c1-4-13-20-19(14-17-10-6-5-7-11-17)18-12-8-9-15(2)16(18)3/h8-10,12,19-20H,4-7,11,13-14H2,1-3H3. The van der Waals surface area contributed by atoms with Gasteiger partial charge in [0.2, 0.25) is 0 Å². The van der Waals surface area contributed by atoms with Gasteiger partial charge in [-0.15, -0.1) is 0 Å². The van der Waals surface area contributed by atoms with Crippen molar-refractivity contribution < 1.29 is 0 Å². The van der Waals surface area contributed by atoms with Crippen LogP contribution in [0.15, 0.2) is 29.8 Å². The Bertz CT molecular complexity index is 459. The fourth-order valence-corrected chi connectivity index (χ4v) is 3.11. The molecule has 0 bridgehead atoms. The largest absolute Gasteiger partial charge is 0.310 e. The number of allylic oxidation sites excluding steroid dienone is 1. The first kappa shape index (κ1) is 15.3. The van der Waals surface area contributed by atoms with Crippen LogP contribution in [0.25, 0.3) is 0 Å². The molecule has 1 unspecified atom stereocenters. The molecule has 2 rings (SSSR count). The first-order valence-electron chi connectivity index (χ1n) is 8.19. The molecule has 0 amide bonds. The summed E-state index contributed by atoms with van der Waals surface area (Å²) in [6, 6.07) is 7.21. The van der Waals surface area contributed by atoms with Gasteiger partial charge in [-0.1, -0.05) is 36.8 Å². The van der Waals surface area contributed by atoms with Gasteiger partial charge < -0.3 is 5.32 Å². The number of rotatable bonds is 6. The second-order valence-corrected chi connectivity index (χ2v) is 6.11. The zero-order chi connectivity index (χ0) is 14.4. The predicted molar refractivity (Wildman–Crippen MR) is 88.1 cm³/mol. The van der Waals surface area contributed by atoms with Crippen LogP contribution in [0.2, 0.25) is 0 Å². The third-order valence-corrected chi connectivity index (χ3v) is 4.51. The molecule has 1 aliphatic rings. The zero-order valence-corrected chi connectivity index (χ0v) is 13.3. The lowest BCUT2D eigenvalue weighted by Crippen LogP contribution is -2.24. The molecule has 1 N–H and O–H groups in total. The second-order valence-electron chi connectivity index (χ2n) is 6.11. The molecule has 20 heavy (non-hydrogen) atoms. The minimum atomic E-state index is 0.485. The Morgan fingerprint density at radius 2 is 2.05 bits per heavy atom. The summed E-state index contributed by atoms with van der Waals surface area (Å²) in [5, 5.41) is 3.76. The number of hydrogen-bond acceptors (Lipinski definition) is 1. The van der Waals surface area contributed by atoms with E-state index in [-0.39, 0.29) is 0 Å². The highest BCUT2D eigenvalue weighted by molar-refractivity contribution is 5.36. The van der Waals surface area contributed by atoms with Crippen molar-refractivity contribution in [2.45, 2.75) is 65.3 Å². The van der Waals surface area contributed by atoms with Crippen LogP contribution in [0.1, 0.15) is 68.2 Å². The average molecular weight is 271 g/mol. The van der Waals surface area contributed by atoms with Gasteiger partial charge in [-0.05, 0) is 75.6 Å². The lowest BCUT2D eigenvalue weighted by Gasteiger charge is -2.24. The molecule has 0 saturated heterocycles. The lowest BCUT2D eigenvalue weighted by atomic mass is 9.89. The topological polar surface area (TPSA) is 12.0 Å². The van der Waals surface area contributed by atoms with E-state index in [1.165, 1.54) is 55.2 Å². The molecule has 1 heteroatoms. The molecular formula is C19H29N. The van der Waals surface area contributed by atoms with E-state index in [4.69, 9.17) is 0 Å². The number of aryl methyl sites for hydroxylation is 1. The molecule has 1 aromatic carbocycles. The molecule has 0 spiro atoms. The summed E-state index contributed by atoms with van der Waals surface area (Å²) < 4.78 is 0. The third kappa shape index (κ3) is 3.96. The Kier molecular flexibility index (Phi) is 5.85. The SMILES string of the molecule is CCCNC(CC1=CCCCC1)c1cccc(C)c1C. The van der Waals surface area contributed by atoms with E-state index < -0.39 is 0 Å². The van der Waals surface area contributed by atoms with Crippen molar-refractivity contribution in [2.75, 3.05) is 6.54 Å². The molecular weight excluding hydrogens is 242 g/mol. The normalized spacial score (nSPS) is 16.9. The minimum absolute atomic E-state index is 0.485. The van der Waals surface area contributed by atoms with Crippen LogP contribution in [0.4, 0.5) is 0 Å². The van der Waals surface area contributed by atoms with Gasteiger partial charge >= 0.3 is 0 Å². The van der Waals surface area contributed by atoms with Gasteiger partial charge in [-0.3, -0.25) is 0 Å². The van der Waals surface area contributed by atoms with Crippen LogP contribution >= 0.6 is 0 Å². The molecule has 0 fully saturated rings. The molecule has 1 aromatic rings. The maximum atomic E-state index is 3.76. The maximum absolute atomic E-state index is 3.76. The van der Waals surface area contributed by atoms with Crippen LogP contribution in [0.3, 0.4) is 0 Å². The summed E-state index contributed by atoms with van der Waals surface area (Å²) in [6.07, 6.45) is 10.2. The Labute approximate surface area is 124 Å². The van der Waals surface area contributed by atoms with E-state index in [1.807, 2.05) is 0 Å². The number of hydrogen-bond donors (Lipinski definition) is 1. The zero-order valence-electron chi connectivity index (χ0n) is 13.3. The monoisotopic (exact) mass is 271 g/mol. The summed E-state index contributed by atoms with van der Waals surface area (Å²) in [7, 11) is 0. The third-order valence-electron chi connectivity index (χ3n) is 4.51. The molecule has 1 aliphatic carbocycles. The van der Waals surface area contributed by atoms with Crippen LogP contribution in [0.5, 0.6) is 0 Å². The summed E-state index contributed by atoms with van der Waals surface area (Å²) in [5.74, 6) is 0. The second kappa shape index (κ2) is 7.64. The summed E-state index contributed by atoms with van der Waals surface area (Å²) >= 11 is 0. The fraction of sp³-hybridized carbons (Fsp3) is 0.579. The molecule has 1 atom stereocenters. The fourth-order valence-electron chi connectivity index (χ4n) is 3.11. The van der Waals surface area contributed by atoms with Gasteiger partial charge in [0, 0.05) is 6.04 Å². The molecule has 1 nitrogen and oxygen atoms in total. The molecule has 0 aliphatic heterocycles. The molecule has 0 aromatic heterocycles. The van der Waals surface area contributed by atoms with Crippen molar-refractivity contribution in [3.05, 3.63) is 46.5 Å². The van der Waals surface area contributed by atoms with E-state index in [1.54, 1.807) is 5.57 Å². The maximum Gasteiger partial charge on any atom is 0.0360 e. The Hall–Kier alpha value is -1.08. The van der Waals surface area contributed by atoms with Gasteiger partial charge in [-0.25, -0.2) is 0 Å². The van der Waals surface area contributed by atoms with Crippen molar-refractivity contribution >= 4 is 0 Å². The van der Waals surface area contributed by atoms with Gasteiger partial charge in [0.1, 0.15) is 0 Å². The van der Waals surface area contributed by atoms with E-state index in [2.05, 4.69) is 50.4 Å². The minimum Gasteiger partial charge on any atom is -0.310 e. The summed E-state index contributed by atoms with van der Waals surface area (Å²) in [4.78, 5) is 0. The van der Waals surface area contributed by atoms with Crippen molar-refractivity contribution in [1.82, 2.24) is 5.32 Å². The van der Waals surface area contributed by atoms with E-state index in [0.29, 0.717) is 6.04 Å². The van der Waals surface area contributed by atoms with Crippen molar-refractivity contribution in [3.8, 4) is 0 Å². The van der Waals surface area contributed by atoms with Crippen LogP contribution in [-0.4, -0.2) is 6.54 Å². The van der Waals surface area contributed by atoms with Crippen molar-refractivity contribution in [3.63, 3.8) is 0 Å². The summed E-state index contributed by atoms with van der Waals surface area (Å²) in [6.45, 7) is 7.83. The van der Waals surface area contributed by atoms with E-state index >= 15 is 0 Å². The summed E-state index contributed by atoms with van der Waals surface area (Å²) in [5.41, 5.74) is 6.01. The Morgan fingerprint density at radius 3 is 2.75 bits per heavy atom. The van der Waals surface area contributed by atoms with Crippen molar-refractivity contribution in [2.24, 2.45) is 0 Å². The smallest absolute Gasteiger partial charge is 0.0360 e. The number of benzene rings is 1. The first-order chi connectivity index (χ1) is 9.72. The van der Waals surface area contributed by atoms with Gasteiger partial charge in [0.05, 0.1) is 0 Å². The highest BCUT2D eigenvalue weighted by atomic mass is 14.9. The highest BCUT2D eigenvalue weighted by Gasteiger charge is 2.16. The molecule has 110 valence electrons.